The number of morpholine rings is 1. The topological polar surface area (TPSA) is 75.9 Å². The molecule has 0 aliphatic carbocycles. The van der Waals surface area contributed by atoms with E-state index in [1.165, 1.54) is 29.3 Å². The van der Waals surface area contributed by atoms with Crippen LogP contribution in [0, 0.1) is 0 Å². The van der Waals surface area contributed by atoms with Crippen molar-refractivity contribution in [1.82, 2.24) is 9.80 Å². The molecule has 3 rings (SSSR count). The van der Waals surface area contributed by atoms with Gasteiger partial charge in [0.2, 0.25) is 0 Å². The Labute approximate surface area is 193 Å². The van der Waals surface area contributed by atoms with E-state index in [1.54, 1.807) is 25.1 Å². The van der Waals surface area contributed by atoms with Crippen LogP contribution in [0.25, 0.3) is 5.57 Å². The normalized spacial score (nSPS) is 21.9. The van der Waals surface area contributed by atoms with E-state index in [0.717, 1.165) is 11.8 Å². The quantitative estimate of drug-likeness (QED) is 0.521. The molecule has 2 atom stereocenters. The van der Waals surface area contributed by atoms with Crippen molar-refractivity contribution >= 4 is 17.4 Å². The van der Waals surface area contributed by atoms with Crippen LogP contribution >= 0.6 is 0 Å². The molecule has 34 heavy (non-hydrogen) atoms. The molecule has 2 aliphatic rings. The number of halogens is 5. The summed E-state index contributed by atoms with van der Waals surface area (Å²) in [5.41, 5.74) is 4.62. The van der Waals surface area contributed by atoms with Crippen LogP contribution in [0.4, 0.5) is 22.0 Å². The Balaban J connectivity index is 1.76. The van der Waals surface area contributed by atoms with Crippen molar-refractivity contribution in [3.8, 4) is 0 Å². The van der Waals surface area contributed by atoms with E-state index in [2.05, 4.69) is 0 Å². The van der Waals surface area contributed by atoms with Gasteiger partial charge >= 0.3 is 6.18 Å². The van der Waals surface area contributed by atoms with Gasteiger partial charge in [-0.3, -0.25) is 9.59 Å². The van der Waals surface area contributed by atoms with Crippen molar-refractivity contribution in [2.24, 2.45) is 5.73 Å². The summed E-state index contributed by atoms with van der Waals surface area (Å²) in [5, 5.41) is 0. The van der Waals surface area contributed by atoms with Crippen LogP contribution in [0.15, 0.2) is 53.9 Å². The average Bonchev–Trinajstić information content (AvgIpc) is 2.82. The van der Waals surface area contributed by atoms with Gasteiger partial charge in [-0.15, -0.1) is 0 Å². The molecule has 0 bridgehead atoms. The molecule has 0 spiro atoms. The van der Waals surface area contributed by atoms with Gasteiger partial charge in [-0.1, -0.05) is 18.2 Å². The van der Waals surface area contributed by atoms with Crippen molar-refractivity contribution in [3.05, 3.63) is 65.0 Å². The van der Waals surface area contributed by atoms with Gasteiger partial charge in [0.25, 0.3) is 18.2 Å². The maximum atomic E-state index is 12.9. The number of alkyl halides is 5. The summed E-state index contributed by atoms with van der Waals surface area (Å²) < 4.78 is 69.6. The molecule has 2 unspecified atom stereocenters. The highest BCUT2D eigenvalue weighted by atomic mass is 19.4. The van der Waals surface area contributed by atoms with E-state index in [1.807, 2.05) is 0 Å². The molecule has 1 fully saturated rings. The largest absolute Gasteiger partial charge is 0.431 e. The highest BCUT2D eigenvalue weighted by molar-refractivity contribution is 5.97. The molecule has 0 aromatic heterocycles. The molecule has 0 saturated carbocycles. The number of benzene rings is 1. The summed E-state index contributed by atoms with van der Waals surface area (Å²) in [6, 6.07) is 5.73. The number of ether oxygens (including phenoxy) is 1. The summed E-state index contributed by atoms with van der Waals surface area (Å²) in [6.45, 7) is 2.68. The summed E-state index contributed by atoms with van der Waals surface area (Å²) >= 11 is 0. The van der Waals surface area contributed by atoms with E-state index in [4.69, 9.17) is 10.5 Å². The van der Waals surface area contributed by atoms with Gasteiger partial charge in [0.15, 0.2) is 0 Å². The molecule has 11 heteroatoms. The molecular formula is C23H24F5N3O3. The van der Waals surface area contributed by atoms with Crippen LogP contribution in [0.5, 0.6) is 0 Å². The predicted octanol–water partition coefficient (Wildman–Crippen LogP) is 3.72. The molecule has 1 aromatic rings. The fourth-order valence-corrected chi connectivity index (χ4v) is 3.76. The smallest absolute Gasteiger partial charge is 0.394 e. The van der Waals surface area contributed by atoms with Crippen LogP contribution in [-0.4, -0.2) is 66.1 Å². The lowest BCUT2D eigenvalue weighted by atomic mass is 9.94. The second-order valence-electron chi connectivity index (χ2n) is 7.96. The Morgan fingerprint density at radius 1 is 1.18 bits per heavy atom. The molecule has 1 saturated heterocycles. The summed E-state index contributed by atoms with van der Waals surface area (Å²) in [6.07, 6.45) is -4.22. The molecular weight excluding hydrogens is 461 g/mol. The Kier molecular flexibility index (Phi) is 7.44. The SMILES string of the molecule is C/C(C(=O)N1C=CC=C(c2ccc(C(=O)N3CCOC(C(F)F)C3)cc2)C1C)=C(/N)C(F)(F)F. The van der Waals surface area contributed by atoms with E-state index >= 15 is 0 Å². The average molecular weight is 485 g/mol. The van der Waals surface area contributed by atoms with E-state index in [0.29, 0.717) is 16.7 Å². The number of nitrogens with two attached hydrogens (primary N) is 1. The molecule has 2 heterocycles. The van der Waals surface area contributed by atoms with Crippen LogP contribution in [0.3, 0.4) is 0 Å². The maximum Gasteiger partial charge on any atom is 0.431 e. The maximum absolute atomic E-state index is 12.9. The zero-order valence-corrected chi connectivity index (χ0v) is 18.5. The third kappa shape index (κ3) is 5.30. The lowest BCUT2D eigenvalue weighted by Crippen LogP contribution is -2.48. The minimum atomic E-state index is -4.82. The van der Waals surface area contributed by atoms with E-state index < -0.39 is 47.8 Å². The van der Waals surface area contributed by atoms with Gasteiger partial charge in [0.05, 0.1) is 19.2 Å². The van der Waals surface area contributed by atoms with E-state index in [-0.39, 0.29) is 19.7 Å². The molecule has 2 aliphatic heterocycles. The van der Waals surface area contributed by atoms with Gasteiger partial charge in [0, 0.05) is 23.9 Å². The number of carbonyl (C=O) groups excluding carboxylic acids is 2. The van der Waals surface area contributed by atoms with E-state index in [9.17, 15) is 31.5 Å². The Morgan fingerprint density at radius 2 is 1.82 bits per heavy atom. The first-order chi connectivity index (χ1) is 15.9. The fourth-order valence-electron chi connectivity index (χ4n) is 3.76. The number of rotatable bonds is 4. The number of allylic oxidation sites excluding steroid dienone is 3. The van der Waals surface area contributed by atoms with Gasteiger partial charge < -0.3 is 20.3 Å². The summed E-state index contributed by atoms with van der Waals surface area (Å²) in [5.74, 6) is -1.29. The zero-order valence-electron chi connectivity index (χ0n) is 18.5. The Hall–Kier alpha value is -3.21. The molecule has 2 N–H and O–H groups in total. The molecule has 184 valence electrons. The van der Waals surface area contributed by atoms with Crippen LogP contribution in [0.1, 0.15) is 29.8 Å². The van der Waals surface area contributed by atoms with Crippen molar-refractivity contribution < 1.29 is 36.3 Å². The Bertz CT molecular complexity index is 1030. The van der Waals surface area contributed by atoms with Gasteiger partial charge in [0.1, 0.15) is 11.8 Å². The number of carbonyl (C=O) groups is 2. The zero-order chi connectivity index (χ0) is 25.2. The minimum Gasteiger partial charge on any atom is -0.394 e. The monoisotopic (exact) mass is 485 g/mol. The Morgan fingerprint density at radius 3 is 2.41 bits per heavy atom. The van der Waals surface area contributed by atoms with Gasteiger partial charge in [-0.05, 0) is 43.2 Å². The molecule has 0 radical (unpaired) electrons. The third-order valence-corrected chi connectivity index (χ3v) is 5.78. The van der Waals surface area contributed by atoms with Gasteiger partial charge in [-0.25, -0.2) is 8.78 Å². The first-order valence-electron chi connectivity index (χ1n) is 10.5. The number of amides is 2. The van der Waals surface area contributed by atoms with Gasteiger partial charge in [-0.2, -0.15) is 13.2 Å². The van der Waals surface area contributed by atoms with Crippen molar-refractivity contribution in [2.45, 2.75) is 38.6 Å². The summed E-state index contributed by atoms with van der Waals surface area (Å²) in [7, 11) is 0. The van der Waals surface area contributed by atoms with Crippen LogP contribution in [0.2, 0.25) is 0 Å². The number of nitrogens with zero attached hydrogens (tertiary/aromatic N) is 2. The first kappa shape index (κ1) is 25.4. The fraction of sp³-hybridized carbons (Fsp3) is 0.391. The number of hydrogen-bond acceptors (Lipinski definition) is 4. The van der Waals surface area contributed by atoms with Crippen LogP contribution < -0.4 is 5.73 Å². The predicted molar refractivity (Wildman–Crippen MR) is 114 cm³/mol. The van der Waals surface area contributed by atoms with Crippen molar-refractivity contribution in [3.63, 3.8) is 0 Å². The summed E-state index contributed by atoms with van der Waals surface area (Å²) in [4.78, 5) is 27.8. The highest BCUT2D eigenvalue weighted by Crippen LogP contribution is 2.30. The second kappa shape index (κ2) is 9.96. The standard InChI is InChI=1S/C23H24F5N3O3/c1-13(19(29)23(26,27)28)21(32)31-9-3-4-17(14(31)2)15-5-7-16(8-6-15)22(33)30-10-11-34-18(12-30)20(24)25/h3-9,14,18,20H,10-12,29H2,1-2H3/b19-13-. The third-order valence-electron chi connectivity index (χ3n) is 5.78. The van der Waals surface area contributed by atoms with Crippen molar-refractivity contribution in [1.29, 1.82) is 0 Å². The first-order valence-corrected chi connectivity index (χ1v) is 10.5. The highest BCUT2D eigenvalue weighted by Gasteiger charge is 2.37. The van der Waals surface area contributed by atoms with Crippen LogP contribution in [-0.2, 0) is 9.53 Å². The molecule has 6 nitrogen and oxygen atoms in total. The second-order valence-corrected chi connectivity index (χ2v) is 7.96. The van der Waals surface area contributed by atoms with Crippen molar-refractivity contribution in [2.75, 3.05) is 19.7 Å². The number of hydrogen-bond donors (Lipinski definition) is 1. The lowest BCUT2D eigenvalue weighted by molar-refractivity contribution is -0.127. The minimum absolute atomic E-state index is 0.0200. The lowest BCUT2D eigenvalue weighted by Gasteiger charge is -2.33. The molecule has 2 amide bonds. The molecule has 1 aromatic carbocycles.